The molecule has 0 atom stereocenters. The first kappa shape index (κ1) is 24.2. The van der Waals surface area contributed by atoms with Crippen molar-refractivity contribution in [2.45, 2.75) is 13.3 Å². The number of non-ortho nitro benzene ring substituents is 1. The number of fused-ring (bicyclic) bond motifs is 2. The first-order chi connectivity index (χ1) is 17.8. The molecule has 0 bridgehead atoms. The number of azo groups is 1. The van der Waals surface area contributed by atoms with E-state index in [9.17, 15) is 19.7 Å². The second-order valence-corrected chi connectivity index (χ2v) is 9.45. The number of rotatable bonds is 8. The van der Waals surface area contributed by atoms with E-state index < -0.39 is 4.92 Å². The number of carbonyl (C=O) groups excluding carboxylic acids is 2. The van der Waals surface area contributed by atoms with E-state index in [0.717, 1.165) is 22.8 Å². The predicted octanol–water partition coefficient (Wildman–Crippen LogP) is 6.05. The van der Waals surface area contributed by atoms with Crippen LogP contribution in [0, 0.1) is 17.0 Å². The van der Waals surface area contributed by atoms with Crippen molar-refractivity contribution in [1.82, 2.24) is 9.27 Å². The van der Waals surface area contributed by atoms with E-state index in [0.29, 0.717) is 52.2 Å². The van der Waals surface area contributed by atoms with Gasteiger partial charge in [-0.25, -0.2) is 0 Å². The van der Waals surface area contributed by atoms with E-state index in [2.05, 4.69) is 19.5 Å². The Bertz CT molecular complexity index is 1550. The Hall–Kier alpha value is -4.51. The van der Waals surface area contributed by atoms with Gasteiger partial charge in [-0.2, -0.15) is 4.37 Å². The number of imide groups is 1. The van der Waals surface area contributed by atoms with Crippen molar-refractivity contribution in [3.8, 4) is 0 Å². The number of nitrogens with zero attached hydrogens (tertiary/aromatic N) is 6. The zero-order valence-electron chi connectivity index (χ0n) is 20.1. The molecule has 5 rings (SSSR count). The van der Waals surface area contributed by atoms with Crippen molar-refractivity contribution in [2.75, 3.05) is 25.0 Å². The lowest BCUT2D eigenvalue weighted by Crippen LogP contribution is -2.32. The third-order valence-corrected chi connectivity index (χ3v) is 7.04. The smallest absolute Gasteiger partial charge is 0.270 e. The van der Waals surface area contributed by atoms with Crippen LogP contribution in [0.4, 0.5) is 22.1 Å². The van der Waals surface area contributed by atoms with Gasteiger partial charge in [0.15, 0.2) is 5.00 Å². The molecule has 0 aliphatic carbocycles. The number of nitro benzene ring substituents is 1. The van der Waals surface area contributed by atoms with E-state index in [4.69, 9.17) is 0 Å². The third kappa shape index (κ3) is 4.68. The fraction of sp³-hybridized carbons (Fsp3) is 0.192. The van der Waals surface area contributed by atoms with Crippen molar-refractivity contribution < 1.29 is 14.5 Å². The Morgan fingerprint density at radius 2 is 1.76 bits per heavy atom. The minimum Gasteiger partial charge on any atom is -0.375 e. The van der Waals surface area contributed by atoms with Crippen molar-refractivity contribution >= 4 is 56.3 Å². The van der Waals surface area contributed by atoms with Crippen LogP contribution in [0.15, 0.2) is 70.9 Å². The molecule has 10 nitrogen and oxygen atoms in total. The molecule has 0 saturated carbocycles. The Morgan fingerprint density at radius 3 is 2.43 bits per heavy atom. The van der Waals surface area contributed by atoms with Gasteiger partial charge in [-0.3, -0.25) is 24.6 Å². The van der Waals surface area contributed by atoms with Crippen molar-refractivity contribution in [3.63, 3.8) is 0 Å². The summed E-state index contributed by atoms with van der Waals surface area (Å²) in [6, 6.07) is 17.2. The first-order valence-corrected chi connectivity index (χ1v) is 12.3. The van der Waals surface area contributed by atoms with Crippen LogP contribution < -0.4 is 4.90 Å². The lowest BCUT2D eigenvalue weighted by atomic mass is 10.1. The highest BCUT2D eigenvalue weighted by Gasteiger charge is 2.34. The van der Waals surface area contributed by atoms with Gasteiger partial charge < -0.3 is 4.90 Å². The zero-order valence-corrected chi connectivity index (χ0v) is 20.9. The molecular weight excluding hydrogens is 492 g/mol. The number of amides is 2. The maximum Gasteiger partial charge on any atom is 0.270 e. The summed E-state index contributed by atoms with van der Waals surface area (Å²) in [4.78, 5) is 39.1. The fourth-order valence-electron chi connectivity index (χ4n) is 4.23. The minimum atomic E-state index is -0.447. The lowest BCUT2D eigenvalue weighted by molar-refractivity contribution is -0.384. The van der Waals surface area contributed by atoms with Crippen LogP contribution in [0.3, 0.4) is 0 Å². The topological polar surface area (TPSA) is 121 Å². The summed E-state index contributed by atoms with van der Waals surface area (Å²) in [5.41, 5.74) is 4.10. The molecule has 0 N–H and O–H groups in total. The van der Waals surface area contributed by atoms with Crippen LogP contribution in [0.5, 0.6) is 0 Å². The van der Waals surface area contributed by atoms with Crippen molar-refractivity contribution in [3.05, 3.63) is 87.5 Å². The molecular formula is C26H22N6O4S. The summed E-state index contributed by atoms with van der Waals surface area (Å²) in [6.45, 7) is 2.93. The number of carbonyl (C=O) groups is 2. The molecule has 3 aromatic carbocycles. The van der Waals surface area contributed by atoms with Gasteiger partial charge >= 0.3 is 0 Å². The van der Waals surface area contributed by atoms with Gasteiger partial charge in [0.1, 0.15) is 0 Å². The summed E-state index contributed by atoms with van der Waals surface area (Å²) >= 11 is 1.14. The monoisotopic (exact) mass is 514 g/mol. The maximum atomic E-state index is 12.5. The maximum absolute atomic E-state index is 12.5. The number of nitro groups is 1. The first-order valence-electron chi connectivity index (χ1n) is 11.6. The summed E-state index contributed by atoms with van der Waals surface area (Å²) < 4.78 is 4.28. The molecule has 1 aliphatic heterocycles. The SMILES string of the molecule is Cc1cc(N(C)CCCN2C(=O)c3ccccc3C2=O)ccc1/N=N/c1snc2ccc([N+](=O)[O-])cc12. The average Bonchev–Trinajstić information content (AvgIpc) is 3.41. The second-order valence-electron chi connectivity index (χ2n) is 8.70. The van der Waals surface area contributed by atoms with Gasteiger partial charge in [0.25, 0.3) is 17.5 Å². The standard InChI is InChI=1S/C26H22N6O4S/c1-16-14-17(30(2)12-5-13-31-25(33)19-6-3-4-7-20(19)26(31)34)8-10-22(16)27-28-24-21-15-18(32(35)36)9-11-23(21)29-37-24/h3-4,6-11,14-15H,5,12-13H2,1-2H3/b28-27+. The Labute approximate surface area is 216 Å². The van der Waals surface area contributed by atoms with Gasteiger partial charge in [-0.15, -0.1) is 10.2 Å². The molecule has 2 heterocycles. The second kappa shape index (κ2) is 9.86. The molecule has 0 spiro atoms. The average molecular weight is 515 g/mol. The van der Waals surface area contributed by atoms with Crippen LogP contribution in [0.1, 0.15) is 32.7 Å². The molecule has 37 heavy (non-hydrogen) atoms. The van der Waals surface area contributed by atoms with Gasteiger partial charge in [-0.1, -0.05) is 12.1 Å². The fourth-order valence-corrected chi connectivity index (χ4v) is 4.91. The van der Waals surface area contributed by atoms with Crippen LogP contribution in [0.25, 0.3) is 10.9 Å². The van der Waals surface area contributed by atoms with E-state index in [1.165, 1.54) is 17.0 Å². The molecule has 4 aromatic rings. The molecule has 186 valence electrons. The largest absolute Gasteiger partial charge is 0.375 e. The molecule has 1 aromatic heterocycles. The van der Waals surface area contributed by atoms with Crippen molar-refractivity contribution in [2.24, 2.45) is 10.2 Å². The van der Waals surface area contributed by atoms with E-state index in [1.54, 1.807) is 30.3 Å². The van der Waals surface area contributed by atoms with Crippen LogP contribution in [-0.2, 0) is 0 Å². The minimum absolute atomic E-state index is 0.0179. The highest BCUT2D eigenvalue weighted by Crippen LogP contribution is 2.35. The zero-order chi connectivity index (χ0) is 26.1. The number of anilines is 1. The summed E-state index contributed by atoms with van der Waals surface area (Å²) in [6.07, 6.45) is 0.632. The predicted molar refractivity (Wildman–Crippen MR) is 141 cm³/mol. The lowest BCUT2D eigenvalue weighted by Gasteiger charge is -2.21. The number of hydrogen-bond donors (Lipinski definition) is 0. The number of aromatic nitrogens is 1. The summed E-state index contributed by atoms with van der Waals surface area (Å²) in [5, 5.41) is 20.8. The van der Waals surface area contributed by atoms with Crippen LogP contribution >= 0.6 is 11.5 Å². The molecule has 0 saturated heterocycles. The molecule has 0 radical (unpaired) electrons. The van der Waals surface area contributed by atoms with Gasteiger partial charge in [0.2, 0.25) is 0 Å². The van der Waals surface area contributed by atoms with Gasteiger partial charge in [0.05, 0.1) is 27.3 Å². The summed E-state index contributed by atoms with van der Waals surface area (Å²) in [5.74, 6) is -0.478. The van der Waals surface area contributed by atoms with E-state index in [1.807, 2.05) is 32.2 Å². The van der Waals surface area contributed by atoms with E-state index in [-0.39, 0.29) is 17.5 Å². The van der Waals surface area contributed by atoms with Crippen LogP contribution in [-0.4, -0.2) is 46.1 Å². The molecule has 1 aliphatic rings. The highest BCUT2D eigenvalue weighted by molar-refractivity contribution is 7.11. The Balaban J connectivity index is 1.22. The van der Waals surface area contributed by atoms with Gasteiger partial charge in [0, 0.05) is 43.3 Å². The normalized spacial score (nSPS) is 13.1. The quantitative estimate of drug-likeness (QED) is 0.122. The highest BCUT2D eigenvalue weighted by atomic mass is 32.1. The van der Waals surface area contributed by atoms with Gasteiger partial charge in [-0.05, 0) is 66.8 Å². The number of benzene rings is 3. The number of aryl methyl sites for hydroxylation is 1. The Morgan fingerprint density at radius 1 is 1.03 bits per heavy atom. The third-order valence-electron chi connectivity index (χ3n) is 6.27. The number of hydrogen-bond acceptors (Lipinski definition) is 9. The molecule has 0 unspecified atom stereocenters. The Kier molecular flexibility index (Phi) is 6.45. The molecule has 0 fully saturated rings. The molecule has 11 heteroatoms. The summed E-state index contributed by atoms with van der Waals surface area (Å²) in [7, 11) is 1.95. The van der Waals surface area contributed by atoms with E-state index >= 15 is 0 Å². The van der Waals surface area contributed by atoms with Crippen molar-refractivity contribution in [1.29, 1.82) is 0 Å². The molecule has 2 amide bonds. The van der Waals surface area contributed by atoms with Crippen LogP contribution in [0.2, 0.25) is 0 Å².